The Morgan fingerprint density at radius 2 is 1.94 bits per heavy atom. The average molecular weight is 438 g/mol. The van der Waals surface area contributed by atoms with Crippen LogP contribution in [-0.4, -0.2) is 54.7 Å². The first-order chi connectivity index (χ1) is 14.9. The summed E-state index contributed by atoms with van der Waals surface area (Å²) < 4.78 is 43.1. The maximum Gasteiger partial charge on any atom is 0.401 e. The summed E-state index contributed by atoms with van der Waals surface area (Å²) in [4.78, 5) is 10.5. The summed E-state index contributed by atoms with van der Waals surface area (Å²) in [6.45, 7) is 4.06. The summed E-state index contributed by atoms with van der Waals surface area (Å²) in [5.74, 6) is 1.70. The van der Waals surface area contributed by atoms with E-state index in [2.05, 4.69) is 20.6 Å². The zero-order chi connectivity index (χ0) is 22.1. The molecule has 9 heteroatoms. The van der Waals surface area contributed by atoms with Gasteiger partial charge in [-0.1, -0.05) is 18.2 Å². The van der Waals surface area contributed by atoms with Crippen molar-refractivity contribution in [1.29, 1.82) is 0 Å². The van der Waals surface area contributed by atoms with E-state index < -0.39 is 12.7 Å². The van der Waals surface area contributed by atoms with Crippen molar-refractivity contribution in [3.63, 3.8) is 0 Å². The van der Waals surface area contributed by atoms with Crippen LogP contribution in [0.15, 0.2) is 46.0 Å². The van der Waals surface area contributed by atoms with Gasteiger partial charge in [-0.15, -0.1) is 0 Å². The number of nitrogens with one attached hydrogen (secondary N) is 2. The van der Waals surface area contributed by atoms with Gasteiger partial charge in [0.05, 0.1) is 13.1 Å². The molecule has 170 valence electrons. The minimum absolute atomic E-state index is 0.390. The molecule has 0 bridgehead atoms. The van der Waals surface area contributed by atoms with Gasteiger partial charge in [-0.25, -0.2) is 9.98 Å². The second-order valence-corrected chi connectivity index (χ2v) is 7.76. The molecular weight excluding hydrogens is 407 g/mol. The van der Waals surface area contributed by atoms with E-state index in [0.717, 1.165) is 43.6 Å². The molecule has 1 aromatic carbocycles. The Hall–Kier alpha value is -2.55. The monoisotopic (exact) mass is 437 g/mol. The lowest BCUT2D eigenvalue weighted by molar-refractivity contribution is -0.148. The van der Waals surface area contributed by atoms with Crippen molar-refractivity contribution >= 4 is 5.96 Å². The topological polar surface area (TPSA) is 65.7 Å². The number of aliphatic imine (C=N–C) groups is 1. The van der Waals surface area contributed by atoms with Crippen molar-refractivity contribution in [2.75, 3.05) is 32.7 Å². The van der Waals surface area contributed by atoms with Crippen LogP contribution in [0.2, 0.25) is 0 Å². The quantitative estimate of drug-likeness (QED) is 0.482. The average Bonchev–Trinajstić information content (AvgIpc) is 3.22. The number of likely N-dealkylation sites (tertiary alicyclic amines) is 1. The summed E-state index contributed by atoms with van der Waals surface area (Å²) >= 11 is 0. The largest absolute Gasteiger partial charge is 0.444 e. The second kappa shape index (κ2) is 11.2. The molecule has 31 heavy (non-hydrogen) atoms. The summed E-state index contributed by atoms with van der Waals surface area (Å²) in [5.41, 5.74) is 1.66. The van der Waals surface area contributed by atoms with Crippen LogP contribution in [0, 0.1) is 5.92 Å². The van der Waals surface area contributed by atoms with Gasteiger partial charge in [-0.3, -0.25) is 4.90 Å². The van der Waals surface area contributed by atoms with Gasteiger partial charge in [0, 0.05) is 18.7 Å². The van der Waals surface area contributed by atoms with Crippen molar-refractivity contribution in [3.8, 4) is 11.5 Å². The van der Waals surface area contributed by atoms with Crippen LogP contribution in [0.4, 0.5) is 13.2 Å². The number of nitrogens with zero attached hydrogens (tertiary/aromatic N) is 3. The molecule has 0 atom stereocenters. The number of halogens is 3. The number of rotatable bonds is 8. The van der Waals surface area contributed by atoms with E-state index in [1.54, 1.807) is 6.26 Å². The SMILES string of the molecule is CCNC(=NCc1coc(-c2ccccc2)n1)NCCC1CCN(CC(F)(F)F)CC1. The van der Waals surface area contributed by atoms with Crippen molar-refractivity contribution in [2.24, 2.45) is 10.9 Å². The van der Waals surface area contributed by atoms with Crippen LogP contribution in [0.5, 0.6) is 0 Å². The Balaban J connectivity index is 1.43. The molecule has 1 aliphatic heterocycles. The standard InChI is InChI=1S/C22H30F3N5O/c1-2-26-21(27-11-8-17-9-12-30(13-10-17)16-22(23,24)25)28-14-19-15-31-20(29-19)18-6-4-3-5-7-18/h3-7,15,17H,2,8-14,16H2,1H3,(H2,26,27,28). The zero-order valence-electron chi connectivity index (χ0n) is 17.8. The lowest BCUT2D eigenvalue weighted by atomic mass is 9.93. The molecule has 1 aliphatic rings. The first-order valence-electron chi connectivity index (χ1n) is 10.7. The van der Waals surface area contributed by atoms with E-state index in [-0.39, 0.29) is 0 Å². The smallest absolute Gasteiger partial charge is 0.401 e. The first-order valence-corrected chi connectivity index (χ1v) is 10.7. The molecule has 0 aliphatic carbocycles. The Bertz CT molecular complexity index is 814. The number of guanidine groups is 1. The number of alkyl halides is 3. The third kappa shape index (κ3) is 7.90. The minimum Gasteiger partial charge on any atom is -0.444 e. The second-order valence-electron chi connectivity index (χ2n) is 7.76. The van der Waals surface area contributed by atoms with Crippen molar-refractivity contribution < 1.29 is 17.6 Å². The van der Waals surface area contributed by atoms with Crippen LogP contribution >= 0.6 is 0 Å². The van der Waals surface area contributed by atoms with Gasteiger partial charge < -0.3 is 15.1 Å². The van der Waals surface area contributed by atoms with Crippen molar-refractivity contribution in [3.05, 3.63) is 42.3 Å². The van der Waals surface area contributed by atoms with E-state index in [1.807, 2.05) is 37.3 Å². The number of hydrogen-bond acceptors (Lipinski definition) is 4. The number of oxazole rings is 1. The predicted octanol–water partition coefficient (Wildman–Crippen LogP) is 4.06. The molecule has 0 unspecified atom stereocenters. The lowest BCUT2D eigenvalue weighted by Crippen LogP contribution is -2.41. The highest BCUT2D eigenvalue weighted by molar-refractivity contribution is 5.79. The van der Waals surface area contributed by atoms with Gasteiger partial charge >= 0.3 is 6.18 Å². The number of aromatic nitrogens is 1. The summed E-state index contributed by atoms with van der Waals surface area (Å²) in [5, 5.41) is 6.52. The van der Waals surface area contributed by atoms with Gasteiger partial charge in [-0.05, 0) is 57.3 Å². The Morgan fingerprint density at radius 3 is 2.61 bits per heavy atom. The first kappa shape index (κ1) is 23.1. The molecule has 2 aromatic rings. The number of hydrogen-bond donors (Lipinski definition) is 2. The van der Waals surface area contributed by atoms with Gasteiger partial charge in [0.1, 0.15) is 12.0 Å². The predicted molar refractivity (Wildman–Crippen MR) is 115 cm³/mol. The van der Waals surface area contributed by atoms with Crippen LogP contribution in [0.25, 0.3) is 11.5 Å². The molecule has 6 nitrogen and oxygen atoms in total. The summed E-state index contributed by atoms with van der Waals surface area (Å²) in [6, 6.07) is 9.70. The van der Waals surface area contributed by atoms with E-state index >= 15 is 0 Å². The fraction of sp³-hybridized carbons (Fsp3) is 0.545. The van der Waals surface area contributed by atoms with E-state index in [0.29, 0.717) is 37.4 Å². The van der Waals surface area contributed by atoms with Gasteiger partial charge in [0.15, 0.2) is 5.96 Å². The molecule has 3 rings (SSSR count). The Morgan fingerprint density at radius 1 is 1.19 bits per heavy atom. The Labute approximate surface area is 180 Å². The number of piperidine rings is 1. The van der Waals surface area contributed by atoms with E-state index in [1.165, 1.54) is 4.90 Å². The molecule has 0 saturated carbocycles. The van der Waals surface area contributed by atoms with Gasteiger partial charge in [-0.2, -0.15) is 13.2 Å². The molecule has 0 amide bonds. The normalized spacial score (nSPS) is 16.5. The maximum atomic E-state index is 12.5. The zero-order valence-corrected chi connectivity index (χ0v) is 17.8. The lowest BCUT2D eigenvalue weighted by Gasteiger charge is -2.32. The fourth-order valence-corrected chi connectivity index (χ4v) is 3.68. The van der Waals surface area contributed by atoms with Crippen LogP contribution in [0.3, 0.4) is 0 Å². The van der Waals surface area contributed by atoms with Crippen molar-refractivity contribution in [2.45, 2.75) is 38.9 Å². The maximum absolute atomic E-state index is 12.5. The minimum atomic E-state index is -4.11. The van der Waals surface area contributed by atoms with Crippen molar-refractivity contribution in [1.82, 2.24) is 20.5 Å². The van der Waals surface area contributed by atoms with Crippen LogP contribution in [-0.2, 0) is 6.54 Å². The summed E-state index contributed by atoms with van der Waals surface area (Å²) in [7, 11) is 0. The highest BCUT2D eigenvalue weighted by atomic mass is 19.4. The molecule has 2 N–H and O–H groups in total. The molecule has 1 aromatic heterocycles. The molecule has 1 fully saturated rings. The summed E-state index contributed by atoms with van der Waals surface area (Å²) in [6.07, 6.45) is 0.00703. The molecule has 1 saturated heterocycles. The number of benzene rings is 1. The fourth-order valence-electron chi connectivity index (χ4n) is 3.68. The molecule has 0 radical (unpaired) electrons. The molecule has 2 heterocycles. The third-order valence-corrected chi connectivity index (χ3v) is 5.27. The Kier molecular flexibility index (Phi) is 8.34. The molecule has 0 spiro atoms. The highest BCUT2D eigenvalue weighted by Gasteiger charge is 2.32. The third-order valence-electron chi connectivity index (χ3n) is 5.27. The van der Waals surface area contributed by atoms with E-state index in [4.69, 9.17) is 4.42 Å². The van der Waals surface area contributed by atoms with Crippen LogP contribution in [0.1, 0.15) is 31.9 Å². The van der Waals surface area contributed by atoms with Crippen LogP contribution < -0.4 is 10.6 Å². The highest BCUT2D eigenvalue weighted by Crippen LogP contribution is 2.24. The van der Waals surface area contributed by atoms with Gasteiger partial charge in [0.2, 0.25) is 5.89 Å². The van der Waals surface area contributed by atoms with Gasteiger partial charge in [0.25, 0.3) is 0 Å². The van der Waals surface area contributed by atoms with E-state index in [9.17, 15) is 13.2 Å². The molecular formula is C22H30F3N5O.